The fraction of sp³-hybridized carbons (Fsp3) is 0.273. The molecule has 1 amide bonds. The summed E-state index contributed by atoms with van der Waals surface area (Å²) in [4.78, 5) is 34.3. The minimum atomic E-state index is -1.36. The Bertz CT molecular complexity index is 560. The maximum Gasteiger partial charge on any atom is 0.343 e. The van der Waals surface area contributed by atoms with Gasteiger partial charge in [-0.05, 0) is 5.56 Å². The first kappa shape index (κ1) is 13.3. The largest absolute Gasteiger partial charge is 0.477 e. The summed E-state index contributed by atoms with van der Waals surface area (Å²) in [6.45, 7) is 0.598. The van der Waals surface area contributed by atoms with E-state index in [1.807, 2.05) is 0 Å². The normalized spacial score (nSPS) is 14.7. The molecule has 0 unspecified atom stereocenters. The number of aromatic carboxylic acids is 1. The lowest BCUT2D eigenvalue weighted by Crippen LogP contribution is -2.24. The molecule has 1 heterocycles. The van der Waals surface area contributed by atoms with E-state index in [2.05, 4.69) is 0 Å². The Labute approximate surface area is 112 Å². The molecule has 2 rings (SSSR count). The molecule has 0 spiro atoms. The molecule has 0 aromatic heterocycles. The number of carbonyl (C=O) groups is 2. The van der Waals surface area contributed by atoms with Gasteiger partial charge in [-0.25, -0.2) is 4.79 Å². The van der Waals surface area contributed by atoms with Crippen molar-refractivity contribution >= 4 is 28.7 Å². The smallest absolute Gasteiger partial charge is 0.343 e. The molecule has 1 aromatic carbocycles. The summed E-state index contributed by atoms with van der Waals surface area (Å²) >= 11 is 1.16. The molecule has 8 heteroatoms. The van der Waals surface area contributed by atoms with Gasteiger partial charge in [-0.2, -0.15) is 0 Å². The van der Waals surface area contributed by atoms with Crippen molar-refractivity contribution in [3.05, 3.63) is 39.4 Å². The molecule has 1 aromatic rings. The number of amides is 1. The van der Waals surface area contributed by atoms with Crippen LogP contribution in [-0.2, 0) is 6.54 Å². The number of carbonyl (C=O) groups excluding carboxylic acids is 1. The summed E-state index contributed by atoms with van der Waals surface area (Å²) in [7, 11) is 0. The molecule has 0 radical (unpaired) electrons. The average Bonchev–Trinajstić information content (AvgIpc) is 2.74. The van der Waals surface area contributed by atoms with Gasteiger partial charge in [-0.15, -0.1) is 0 Å². The highest BCUT2D eigenvalue weighted by atomic mass is 32.2. The molecule has 1 aliphatic rings. The summed E-state index contributed by atoms with van der Waals surface area (Å²) in [5.41, 5.74) is -0.529. The number of benzene rings is 1. The topological polar surface area (TPSA) is 101 Å². The number of nitro groups is 1. The Morgan fingerprint density at radius 2 is 2.26 bits per heavy atom. The van der Waals surface area contributed by atoms with Crippen LogP contribution in [0.2, 0.25) is 0 Å². The average molecular weight is 282 g/mol. The van der Waals surface area contributed by atoms with E-state index in [1.54, 1.807) is 0 Å². The van der Waals surface area contributed by atoms with Gasteiger partial charge in [0.2, 0.25) is 0 Å². The number of hydrogen-bond acceptors (Lipinski definition) is 5. The summed E-state index contributed by atoms with van der Waals surface area (Å²) in [5, 5.41) is 19.8. The molecule has 100 valence electrons. The minimum absolute atomic E-state index is 0.0785. The van der Waals surface area contributed by atoms with Crippen molar-refractivity contribution in [2.75, 3.05) is 12.3 Å². The molecule has 1 aliphatic heterocycles. The van der Waals surface area contributed by atoms with Crippen molar-refractivity contribution in [3.8, 4) is 0 Å². The van der Waals surface area contributed by atoms with Crippen molar-refractivity contribution in [2.24, 2.45) is 0 Å². The van der Waals surface area contributed by atoms with E-state index in [-0.39, 0.29) is 22.9 Å². The van der Waals surface area contributed by atoms with Gasteiger partial charge in [0.05, 0.1) is 4.92 Å². The zero-order valence-corrected chi connectivity index (χ0v) is 10.6. The summed E-state index contributed by atoms with van der Waals surface area (Å²) in [6, 6.07) is 4.06. The predicted molar refractivity (Wildman–Crippen MR) is 68.3 cm³/mol. The highest BCUT2D eigenvalue weighted by Gasteiger charge is 2.27. The number of rotatable bonds is 4. The van der Waals surface area contributed by atoms with Crippen LogP contribution in [0, 0.1) is 10.1 Å². The van der Waals surface area contributed by atoms with Gasteiger partial charge in [0.15, 0.2) is 0 Å². The van der Waals surface area contributed by atoms with E-state index in [0.29, 0.717) is 12.3 Å². The molecule has 0 saturated carbocycles. The van der Waals surface area contributed by atoms with Crippen LogP contribution in [0.3, 0.4) is 0 Å². The standard InChI is InChI=1S/C11H10N2O5S/c14-10(15)9-7(2-1-3-8(9)13(17)18)6-12-4-5-19-11(12)16/h1-3H,4-6H2,(H,14,15). The van der Waals surface area contributed by atoms with Gasteiger partial charge < -0.3 is 10.0 Å². The lowest BCUT2D eigenvalue weighted by atomic mass is 10.0. The van der Waals surface area contributed by atoms with Gasteiger partial charge in [-0.1, -0.05) is 23.9 Å². The third-order valence-electron chi connectivity index (χ3n) is 2.75. The number of nitrogens with zero attached hydrogens (tertiary/aromatic N) is 2. The van der Waals surface area contributed by atoms with E-state index in [9.17, 15) is 19.7 Å². The van der Waals surface area contributed by atoms with Crippen LogP contribution >= 0.6 is 11.8 Å². The molecular weight excluding hydrogens is 272 g/mol. The van der Waals surface area contributed by atoms with Crippen molar-refractivity contribution < 1.29 is 19.6 Å². The summed E-state index contributed by atoms with van der Waals surface area (Å²) < 4.78 is 0. The Morgan fingerprint density at radius 3 is 2.79 bits per heavy atom. The van der Waals surface area contributed by atoms with Gasteiger partial charge in [-0.3, -0.25) is 14.9 Å². The van der Waals surface area contributed by atoms with Crippen LogP contribution in [0.1, 0.15) is 15.9 Å². The lowest BCUT2D eigenvalue weighted by molar-refractivity contribution is -0.385. The first-order chi connectivity index (χ1) is 9.00. The first-order valence-electron chi connectivity index (χ1n) is 5.42. The maximum atomic E-state index is 11.5. The van der Waals surface area contributed by atoms with E-state index in [1.165, 1.54) is 17.0 Å². The van der Waals surface area contributed by atoms with Crippen LogP contribution in [0.25, 0.3) is 0 Å². The maximum absolute atomic E-state index is 11.5. The molecule has 1 fully saturated rings. The second-order valence-electron chi connectivity index (χ2n) is 3.91. The van der Waals surface area contributed by atoms with Crippen LogP contribution in [0.5, 0.6) is 0 Å². The zero-order chi connectivity index (χ0) is 14.0. The third-order valence-corrected chi connectivity index (χ3v) is 3.64. The minimum Gasteiger partial charge on any atom is -0.477 e. The van der Waals surface area contributed by atoms with Gasteiger partial charge in [0, 0.05) is 24.9 Å². The molecule has 1 saturated heterocycles. The SMILES string of the molecule is O=C(O)c1c(CN2CCSC2=O)cccc1[N+](=O)[O-]. The Hall–Kier alpha value is -2.09. The zero-order valence-electron chi connectivity index (χ0n) is 9.74. The third kappa shape index (κ3) is 2.68. The van der Waals surface area contributed by atoms with E-state index >= 15 is 0 Å². The number of hydrogen-bond donors (Lipinski definition) is 1. The van der Waals surface area contributed by atoms with E-state index < -0.39 is 16.6 Å². The van der Waals surface area contributed by atoms with Crippen molar-refractivity contribution in [2.45, 2.75) is 6.54 Å². The van der Waals surface area contributed by atoms with Crippen molar-refractivity contribution in [1.29, 1.82) is 0 Å². The second kappa shape index (κ2) is 5.27. The van der Waals surface area contributed by atoms with Crippen molar-refractivity contribution in [1.82, 2.24) is 4.90 Å². The Kier molecular flexibility index (Phi) is 3.70. The molecule has 0 atom stereocenters. The number of carboxylic acids is 1. The quantitative estimate of drug-likeness (QED) is 0.669. The summed E-state index contributed by atoms with van der Waals surface area (Å²) in [6.07, 6.45) is 0. The fourth-order valence-electron chi connectivity index (χ4n) is 1.89. The Balaban J connectivity index is 2.39. The second-order valence-corrected chi connectivity index (χ2v) is 4.96. The predicted octanol–water partition coefficient (Wildman–Crippen LogP) is 1.96. The Morgan fingerprint density at radius 1 is 1.53 bits per heavy atom. The molecule has 7 nitrogen and oxygen atoms in total. The summed E-state index contributed by atoms with van der Waals surface area (Å²) in [5.74, 6) is -0.711. The monoisotopic (exact) mass is 282 g/mol. The van der Waals surface area contributed by atoms with Gasteiger partial charge >= 0.3 is 5.97 Å². The molecule has 19 heavy (non-hydrogen) atoms. The molecule has 0 aliphatic carbocycles. The van der Waals surface area contributed by atoms with Gasteiger partial charge in [0.1, 0.15) is 5.56 Å². The van der Waals surface area contributed by atoms with Crippen LogP contribution in [-0.4, -0.2) is 38.4 Å². The first-order valence-corrected chi connectivity index (χ1v) is 6.40. The van der Waals surface area contributed by atoms with Gasteiger partial charge in [0.25, 0.3) is 10.9 Å². The number of carboxylic acid groups (broad SMARTS) is 1. The number of thioether (sulfide) groups is 1. The molecular formula is C11H10N2O5S. The van der Waals surface area contributed by atoms with E-state index in [4.69, 9.17) is 5.11 Å². The highest BCUT2D eigenvalue weighted by molar-refractivity contribution is 8.13. The van der Waals surface area contributed by atoms with Crippen LogP contribution in [0.15, 0.2) is 18.2 Å². The fourth-order valence-corrected chi connectivity index (χ4v) is 2.72. The molecule has 1 N–H and O–H groups in total. The van der Waals surface area contributed by atoms with Crippen molar-refractivity contribution in [3.63, 3.8) is 0 Å². The highest BCUT2D eigenvalue weighted by Crippen LogP contribution is 2.26. The van der Waals surface area contributed by atoms with E-state index in [0.717, 1.165) is 17.8 Å². The van der Waals surface area contributed by atoms with Crippen LogP contribution < -0.4 is 0 Å². The molecule has 0 bridgehead atoms. The van der Waals surface area contributed by atoms with Crippen LogP contribution in [0.4, 0.5) is 10.5 Å². The lowest BCUT2D eigenvalue weighted by Gasteiger charge is -2.15. The number of nitro benzene ring substituents is 1.